The Kier molecular flexibility index (Phi) is 6.58. The van der Waals surface area contributed by atoms with Crippen LogP contribution >= 0.6 is 23.2 Å². The van der Waals surface area contributed by atoms with Gasteiger partial charge in [-0.1, -0.05) is 29.3 Å². The van der Waals surface area contributed by atoms with Crippen molar-refractivity contribution in [1.29, 1.82) is 0 Å². The lowest BCUT2D eigenvalue weighted by molar-refractivity contribution is -0.143. The van der Waals surface area contributed by atoms with Crippen LogP contribution in [0.2, 0.25) is 10.0 Å². The molecule has 1 saturated carbocycles. The predicted octanol–water partition coefficient (Wildman–Crippen LogP) is 4.71. The van der Waals surface area contributed by atoms with Crippen molar-refractivity contribution in [2.24, 2.45) is 11.8 Å². The minimum Gasteiger partial charge on any atom is -0.481 e. The Hall–Kier alpha value is -2.05. The summed E-state index contributed by atoms with van der Waals surface area (Å²) < 4.78 is 1.96. The average molecular weight is 464 g/mol. The second-order valence-corrected chi connectivity index (χ2v) is 9.57. The highest BCUT2D eigenvalue weighted by molar-refractivity contribution is 6.35. The van der Waals surface area contributed by atoms with Crippen LogP contribution in [0.1, 0.15) is 54.6 Å². The number of carbonyl (C=O) groups is 2. The van der Waals surface area contributed by atoms with E-state index in [1.54, 1.807) is 6.07 Å². The molecule has 1 aromatic carbocycles. The first-order chi connectivity index (χ1) is 14.8. The first kappa shape index (κ1) is 22.2. The number of aliphatic carboxylic acids is 1. The molecule has 1 fully saturated rings. The fourth-order valence-corrected chi connectivity index (χ4v) is 5.29. The fourth-order valence-electron chi connectivity index (χ4n) is 4.82. The van der Waals surface area contributed by atoms with E-state index in [9.17, 15) is 9.59 Å². The van der Waals surface area contributed by atoms with Gasteiger partial charge in [0.15, 0.2) is 0 Å². The third kappa shape index (κ3) is 4.90. The van der Waals surface area contributed by atoms with E-state index in [0.29, 0.717) is 48.9 Å². The number of hydrogen-bond acceptors (Lipinski definition) is 3. The van der Waals surface area contributed by atoms with Gasteiger partial charge < -0.3 is 10.0 Å². The molecule has 1 N–H and O–H groups in total. The lowest BCUT2D eigenvalue weighted by Crippen LogP contribution is -2.38. The first-order valence-corrected chi connectivity index (χ1v) is 11.6. The maximum atomic E-state index is 13.0. The van der Waals surface area contributed by atoms with Gasteiger partial charge in [0.2, 0.25) is 5.91 Å². The van der Waals surface area contributed by atoms with Gasteiger partial charge in [-0.25, -0.2) is 0 Å². The van der Waals surface area contributed by atoms with E-state index < -0.39 is 5.97 Å². The Labute approximate surface area is 192 Å². The molecular weight excluding hydrogens is 437 g/mol. The number of benzene rings is 1. The smallest absolute Gasteiger partial charge is 0.306 e. The summed E-state index contributed by atoms with van der Waals surface area (Å²) in [6.07, 6.45) is 4.27. The number of halogens is 2. The molecule has 0 spiro atoms. The minimum atomic E-state index is -0.710. The van der Waals surface area contributed by atoms with Gasteiger partial charge in [0.25, 0.3) is 0 Å². The van der Waals surface area contributed by atoms with Crippen LogP contribution in [0.25, 0.3) is 0 Å². The van der Waals surface area contributed by atoms with Crippen LogP contribution in [0.5, 0.6) is 0 Å². The van der Waals surface area contributed by atoms with E-state index in [1.165, 1.54) is 5.56 Å². The molecule has 8 heteroatoms. The number of amides is 1. The number of rotatable bonds is 5. The molecule has 0 bridgehead atoms. The molecule has 2 heterocycles. The second-order valence-electron chi connectivity index (χ2n) is 8.73. The molecule has 1 aliphatic heterocycles. The number of aryl methyl sites for hydroxylation is 1. The maximum Gasteiger partial charge on any atom is 0.306 e. The summed E-state index contributed by atoms with van der Waals surface area (Å²) in [5, 5.41) is 15.1. The van der Waals surface area contributed by atoms with Crippen LogP contribution in [0.4, 0.5) is 0 Å². The molecule has 2 aliphatic rings. The summed E-state index contributed by atoms with van der Waals surface area (Å²) in [6, 6.07) is 5.46. The van der Waals surface area contributed by atoms with Crippen LogP contribution in [0, 0.1) is 18.8 Å². The molecule has 166 valence electrons. The summed E-state index contributed by atoms with van der Waals surface area (Å²) >= 11 is 12.4. The fraction of sp³-hybridized carbons (Fsp3) is 0.522. The van der Waals surface area contributed by atoms with E-state index in [4.69, 9.17) is 33.4 Å². The molecule has 0 radical (unpaired) electrons. The number of carboxylic acids is 1. The predicted molar refractivity (Wildman–Crippen MR) is 119 cm³/mol. The molecular formula is C23H27Cl2N3O3. The van der Waals surface area contributed by atoms with Gasteiger partial charge in [0.1, 0.15) is 0 Å². The Morgan fingerprint density at radius 2 is 1.94 bits per heavy atom. The van der Waals surface area contributed by atoms with Crippen molar-refractivity contribution in [2.45, 2.75) is 58.5 Å². The van der Waals surface area contributed by atoms with Gasteiger partial charge in [-0.15, -0.1) is 0 Å². The van der Waals surface area contributed by atoms with Gasteiger partial charge >= 0.3 is 5.97 Å². The Balaban J connectivity index is 1.43. The quantitative estimate of drug-likeness (QED) is 0.696. The van der Waals surface area contributed by atoms with Crippen molar-refractivity contribution in [3.8, 4) is 0 Å². The van der Waals surface area contributed by atoms with Gasteiger partial charge in [-0.3, -0.25) is 14.3 Å². The van der Waals surface area contributed by atoms with Crippen molar-refractivity contribution in [2.75, 3.05) is 6.54 Å². The zero-order valence-electron chi connectivity index (χ0n) is 17.6. The molecule has 1 aromatic heterocycles. The zero-order chi connectivity index (χ0) is 22.1. The lowest BCUT2D eigenvalue weighted by atomic mass is 9.80. The third-order valence-corrected chi connectivity index (χ3v) is 7.27. The summed E-state index contributed by atoms with van der Waals surface area (Å²) in [7, 11) is 0. The second kappa shape index (κ2) is 9.21. The van der Waals surface area contributed by atoms with Gasteiger partial charge in [-0.2, -0.15) is 5.10 Å². The molecule has 1 amide bonds. The molecule has 1 aliphatic carbocycles. The third-order valence-electron chi connectivity index (χ3n) is 6.69. The van der Waals surface area contributed by atoms with Gasteiger partial charge in [-0.05, 0) is 68.2 Å². The van der Waals surface area contributed by atoms with Crippen molar-refractivity contribution in [3.63, 3.8) is 0 Å². The van der Waals surface area contributed by atoms with Crippen molar-refractivity contribution >= 4 is 35.1 Å². The number of nitrogens with zero attached hydrogens (tertiary/aromatic N) is 3. The van der Waals surface area contributed by atoms with E-state index in [1.807, 2.05) is 28.6 Å². The average Bonchev–Trinajstić information content (AvgIpc) is 3.05. The number of carboxylic acid groups (broad SMARTS) is 1. The number of carbonyl (C=O) groups excluding carboxylic acids is 1. The largest absolute Gasteiger partial charge is 0.481 e. The summed E-state index contributed by atoms with van der Waals surface area (Å²) in [6.45, 7) is 3.79. The van der Waals surface area contributed by atoms with Gasteiger partial charge in [0, 0.05) is 23.0 Å². The van der Waals surface area contributed by atoms with Crippen molar-refractivity contribution in [1.82, 2.24) is 14.7 Å². The molecule has 31 heavy (non-hydrogen) atoms. The lowest BCUT2D eigenvalue weighted by Gasteiger charge is -2.31. The molecule has 6 nitrogen and oxygen atoms in total. The summed E-state index contributed by atoms with van der Waals surface area (Å²) in [4.78, 5) is 26.1. The maximum absolute atomic E-state index is 13.0. The highest BCUT2D eigenvalue weighted by Crippen LogP contribution is 2.32. The number of aromatic nitrogens is 2. The van der Waals surface area contributed by atoms with Crippen LogP contribution in [0.15, 0.2) is 18.2 Å². The van der Waals surface area contributed by atoms with Crippen molar-refractivity contribution in [3.05, 3.63) is 50.8 Å². The standard InChI is InChI=1S/C23H27Cl2N3O3/c1-14-19-8-9-27(22(29)10-15-2-4-16(5-3-15)23(30)31)13-21(19)28(26-14)12-17-6-7-18(24)11-20(17)25/h6-7,11,15-16H,2-5,8-10,12-13H2,1H3,(H,30,31)/t15-,16-. The molecule has 0 atom stereocenters. The topological polar surface area (TPSA) is 75.4 Å². The number of hydrogen-bond donors (Lipinski definition) is 1. The van der Waals surface area contributed by atoms with Crippen molar-refractivity contribution < 1.29 is 14.7 Å². The SMILES string of the molecule is Cc1nn(Cc2ccc(Cl)cc2Cl)c2c1CCN(C(=O)C[C@H]1CC[C@H](C(=O)O)CC1)C2. The monoisotopic (exact) mass is 463 g/mol. The summed E-state index contributed by atoms with van der Waals surface area (Å²) in [5.41, 5.74) is 4.22. The van der Waals surface area contributed by atoms with Crippen LogP contribution in [-0.4, -0.2) is 38.2 Å². The highest BCUT2D eigenvalue weighted by atomic mass is 35.5. The molecule has 0 saturated heterocycles. The minimum absolute atomic E-state index is 0.152. The van der Waals surface area contributed by atoms with E-state index in [-0.39, 0.29) is 17.7 Å². The van der Waals surface area contributed by atoms with Crippen LogP contribution < -0.4 is 0 Å². The number of fused-ring (bicyclic) bond motifs is 1. The molecule has 4 rings (SSSR count). The van der Waals surface area contributed by atoms with Gasteiger partial charge in [0.05, 0.1) is 30.4 Å². The highest BCUT2D eigenvalue weighted by Gasteiger charge is 2.31. The van der Waals surface area contributed by atoms with E-state index >= 15 is 0 Å². The van der Waals surface area contributed by atoms with E-state index in [2.05, 4.69) is 0 Å². The first-order valence-electron chi connectivity index (χ1n) is 10.8. The Morgan fingerprint density at radius 3 is 2.61 bits per heavy atom. The van der Waals surface area contributed by atoms with E-state index in [0.717, 1.165) is 36.2 Å². The Bertz CT molecular complexity index is 996. The van der Waals surface area contributed by atoms with Crippen LogP contribution in [0.3, 0.4) is 0 Å². The zero-order valence-corrected chi connectivity index (χ0v) is 19.1. The molecule has 0 unspecified atom stereocenters. The normalized spacial score (nSPS) is 21.1. The summed E-state index contributed by atoms with van der Waals surface area (Å²) in [5.74, 6) is -0.526. The Morgan fingerprint density at radius 1 is 1.19 bits per heavy atom. The molecule has 2 aromatic rings. The van der Waals surface area contributed by atoms with Crippen LogP contribution in [-0.2, 0) is 29.1 Å².